The maximum atomic E-state index is 13.5. The Labute approximate surface area is 176 Å². The lowest BCUT2D eigenvalue weighted by Gasteiger charge is -2.19. The van der Waals surface area contributed by atoms with E-state index >= 15 is 0 Å². The molecule has 0 atom stereocenters. The first-order chi connectivity index (χ1) is 14.8. The average molecular weight is 427 g/mol. The minimum absolute atomic E-state index is 0.204. The topological polar surface area (TPSA) is 47.4 Å². The normalized spacial score (nSPS) is 11.8. The fourth-order valence-electron chi connectivity index (χ4n) is 3.57. The number of nitrogens with zero attached hydrogens (tertiary/aromatic N) is 3. The van der Waals surface area contributed by atoms with Gasteiger partial charge in [-0.1, -0.05) is 30.3 Å². The van der Waals surface area contributed by atoms with Crippen LogP contribution < -0.4 is 4.74 Å². The van der Waals surface area contributed by atoms with Crippen molar-refractivity contribution < 1.29 is 22.7 Å². The predicted molar refractivity (Wildman–Crippen MR) is 112 cm³/mol. The number of fused-ring (bicyclic) bond motifs is 2. The molecule has 1 aromatic heterocycles. The summed E-state index contributed by atoms with van der Waals surface area (Å²) in [5.74, 6) is -0.765. The lowest BCUT2D eigenvalue weighted by atomic mass is 10.1. The molecular formula is C23H20F3N3O2. The summed E-state index contributed by atoms with van der Waals surface area (Å²) in [6.45, 7) is -0.175. The van der Waals surface area contributed by atoms with Gasteiger partial charge in [-0.05, 0) is 46.7 Å². The van der Waals surface area contributed by atoms with E-state index in [-0.39, 0.29) is 17.6 Å². The number of para-hydroxylation sites is 2. The van der Waals surface area contributed by atoms with E-state index in [1.54, 1.807) is 26.3 Å². The minimum Gasteiger partial charge on any atom is -0.497 e. The first-order valence-corrected chi connectivity index (χ1v) is 9.59. The van der Waals surface area contributed by atoms with Gasteiger partial charge in [-0.15, -0.1) is 0 Å². The number of aromatic nitrogens is 2. The molecule has 0 aliphatic carbocycles. The standard InChI is InChI=1S/C23H20F3N3O2/c1-28(13-15-7-8-17-12-18(31-2)10-9-16(17)11-15)21(30)14-29-20-6-4-3-5-19(20)27-22(29)23(24,25)26/h3-12H,13-14H2,1-2H3. The highest BCUT2D eigenvalue weighted by Crippen LogP contribution is 2.31. The zero-order valence-electron chi connectivity index (χ0n) is 17.0. The van der Waals surface area contributed by atoms with Gasteiger partial charge in [0.2, 0.25) is 11.7 Å². The SMILES string of the molecule is COc1ccc2cc(CN(C)C(=O)Cn3c(C(F)(F)F)nc4ccccc43)ccc2c1. The van der Waals surface area contributed by atoms with Gasteiger partial charge in [0.05, 0.1) is 18.1 Å². The third kappa shape index (κ3) is 4.19. The van der Waals surface area contributed by atoms with Gasteiger partial charge >= 0.3 is 6.18 Å². The first-order valence-electron chi connectivity index (χ1n) is 9.59. The van der Waals surface area contributed by atoms with Crippen LogP contribution in [0.4, 0.5) is 13.2 Å². The zero-order valence-corrected chi connectivity index (χ0v) is 17.0. The van der Waals surface area contributed by atoms with Crippen LogP contribution in [0, 0.1) is 0 Å². The Morgan fingerprint density at radius 3 is 2.52 bits per heavy atom. The second-order valence-electron chi connectivity index (χ2n) is 7.31. The number of methoxy groups -OCH3 is 1. The Kier molecular flexibility index (Phi) is 5.31. The van der Waals surface area contributed by atoms with Crippen molar-refractivity contribution in [1.82, 2.24) is 14.5 Å². The Bertz CT molecular complexity index is 1260. The summed E-state index contributed by atoms with van der Waals surface area (Å²) in [6.07, 6.45) is -4.66. The van der Waals surface area contributed by atoms with E-state index in [1.165, 1.54) is 17.0 Å². The lowest BCUT2D eigenvalue weighted by molar-refractivity contribution is -0.148. The quantitative estimate of drug-likeness (QED) is 0.456. The summed E-state index contributed by atoms with van der Waals surface area (Å²) in [5.41, 5.74) is 1.35. The van der Waals surface area contributed by atoms with E-state index in [4.69, 9.17) is 4.74 Å². The van der Waals surface area contributed by atoms with Gasteiger partial charge in [0.25, 0.3) is 0 Å². The molecule has 0 spiro atoms. The molecule has 0 bridgehead atoms. The van der Waals surface area contributed by atoms with Crippen LogP contribution in [-0.2, 0) is 24.1 Å². The van der Waals surface area contributed by atoms with Crippen molar-refractivity contribution in [1.29, 1.82) is 0 Å². The zero-order chi connectivity index (χ0) is 22.2. The number of rotatable bonds is 5. The Morgan fingerprint density at radius 1 is 1.06 bits per heavy atom. The Balaban J connectivity index is 1.56. The van der Waals surface area contributed by atoms with Crippen LogP contribution in [0.2, 0.25) is 0 Å². The Hall–Kier alpha value is -3.55. The number of imidazole rings is 1. The van der Waals surface area contributed by atoms with Crippen LogP contribution in [0.25, 0.3) is 21.8 Å². The summed E-state index contributed by atoms with van der Waals surface area (Å²) in [6, 6.07) is 17.7. The van der Waals surface area contributed by atoms with Gasteiger partial charge in [-0.3, -0.25) is 4.79 Å². The number of halogens is 3. The number of hydrogen-bond acceptors (Lipinski definition) is 3. The van der Waals surface area contributed by atoms with Gasteiger partial charge < -0.3 is 14.2 Å². The number of benzene rings is 3. The van der Waals surface area contributed by atoms with Crippen LogP contribution >= 0.6 is 0 Å². The van der Waals surface area contributed by atoms with Gasteiger partial charge in [0.15, 0.2) is 0 Å². The van der Waals surface area contributed by atoms with Gasteiger partial charge in [0, 0.05) is 13.6 Å². The molecule has 0 unspecified atom stereocenters. The van der Waals surface area contributed by atoms with Gasteiger partial charge in [0.1, 0.15) is 12.3 Å². The molecule has 4 rings (SSSR count). The van der Waals surface area contributed by atoms with E-state index < -0.39 is 24.5 Å². The molecule has 0 saturated carbocycles. The number of carbonyl (C=O) groups is 1. The largest absolute Gasteiger partial charge is 0.497 e. The highest BCUT2D eigenvalue weighted by molar-refractivity contribution is 5.85. The second kappa shape index (κ2) is 7.94. The van der Waals surface area contributed by atoms with Crippen LogP contribution in [0.1, 0.15) is 11.4 Å². The molecule has 4 aromatic rings. The van der Waals surface area contributed by atoms with E-state index in [2.05, 4.69) is 4.98 Å². The molecule has 3 aromatic carbocycles. The van der Waals surface area contributed by atoms with Crippen molar-refractivity contribution >= 4 is 27.7 Å². The molecule has 1 amide bonds. The molecule has 160 valence electrons. The third-order valence-electron chi connectivity index (χ3n) is 5.16. The van der Waals surface area contributed by atoms with E-state index in [9.17, 15) is 18.0 Å². The predicted octanol–water partition coefficient (Wildman–Crippen LogP) is 4.88. The molecule has 31 heavy (non-hydrogen) atoms. The maximum Gasteiger partial charge on any atom is 0.449 e. The van der Waals surface area contributed by atoms with E-state index in [1.807, 2.05) is 36.4 Å². The van der Waals surface area contributed by atoms with Crippen molar-refractivity contribution in [2.75, 3.05) is 14.2 Å². The van der Waals surface area contributed by atoms with Crippen LogP contribution in [-0.4, -0.2) is 34.5 Å². The monoisotopic (exact) mass is 427 g/mol. The van der Waals surface area contributed by atoms with Crippen molar-refractivity contribution in [3.05, 3.63) is 72.1 Å². The second-order valence-corrected chi connectivity index (χ2v) is 7.31. The molecule has 0 fully saturated rings. The number of alkyl halides is 3. The highest BCUT2D eigenvalue weighted by Gasteiger charge is 2.38. The summed E-state index contributed by atoms with van der Waals surface area (Å²) in [7, 11) is 3.18. The molecule has 0 radical (unpaired) electrons. The van der Waals surface area contributed by atoms with Crippen molar-refractivity contribution in [2.24, 2.45) is 0 Å². The summed E-state index contributed by atoms with van der Waals surface area (Å²) in [5, 5.41) is 1.98. The van der Waals surface area contributed by atoms with Crippen molar-refractivity contribution in [2.45, 2.75) is 19.3 Å². The fourth-order valence-corrected chi connectivity index (χ4v) is 3.57. The number of ether oxygens (including phenoxy) is 1. The number of likely N-dealkylation sites (N-methyl/N-ethyl adjacent to an activating group) is 1. The summed E-state index contributed by atoms with van der Waals surface area (Å²) in [4.78, 5) is 17.9. The van der Waals surface area contributed by atoms with Gasteiger partial charge in [-0.2, -0.15) is 13.2 Å². The van der Waals surface area contributed by atoms with Crippen molar-refractivity contribution in [3.8, 4) is 5.75 Å². The van der Waals surface area contributed by atoms with E-state index in [0.717, 1.165) is 26.7 Å². The molecule has 0 aliphatic rings. The number of amides is 1. The fraction of sp³-hybridized carbons (Fsp3) is 0.217. The smallest absolute Gasteiger partial charge is 0.449 e. The third-order valence-corrected chi connectivity index (χ3v) is 5.16. The molecule has 0 saturated heterocycles. The number of carbonyl (C=O) groups excluding carboxylic acids is 1. The summed E-state index contributed by atoms with van der Waals surface area (Å²) < 4.78 is 46.6. The molecule has 5 nitrogen and oxygen atoms in total. The molecule has 8 heteroatoms. The molecular weight excluding hydrogens is 407 g/mol. The van der Waals surface area contributed by atoms with Crippen LogP contribution in [0.3, 0.4) is 0 Å². The van der Waals surface area contributed by atoms with Gasteiger partial charge in [-0.25, -0.2) is 4.98 Å². The summed E-state index contributed by atoms with van der Waals surface area (Å²) >= 11 is 0. The minimum atomic E-state index is -4.66. The first kappa shape index (κ1) is 20.7. The van der Waals surface area contributed by atoms with Crippen molar-refractivity contribution in [3.63, 3.8) is 0 Å². The number of hydrogen-bond donors (Lipinski definition) is 0. The molecule has 0 aliphatic heterocycles. The Morgan fingerprint density at radius 2 is 1.77 bits per heavy atom. The van der Waals surface area contributed by atoms with Crippen LogP contribution in [0.5, 0.6) is 5.75 Å². The average Bonchev–Trinajstić information content (AvgIpc) is 3.12. The molecule has 0 N–H and O–H groups in total. The van der Waals surface area contributed by atoms with E-state index in [0.29, 0.717) is 0 Å². The molecule has 1 heterocycles. The van der Waals surface area contributed by atoms with Crippen LogP contribution in [0.15, 0.2) is 60.7 Å². The highest BCUT2D eigenvalue weighted by atomic mass is 19.4. The lowest BCUT2D eigenvalue weighted by Crippen LogP contribution is -2.31. The maximum absolute atomic E-state index is 13.5.